The molecule has 0 saturated carbocycles. The molecule has 2 amide bonds. The van der Waals surface area contributed by atoms with Crippen LogP contribution in [0.25, 0.3) is 0 Å². The first kappa shape index (κ1) is 14.4. The molecule has 0 atom stereocenters. The van der Waals surface area contributed by atoms with Crippen LogP contribution in [0.5, 0.6) is 5.75 Å². The van der Waals surface area contributed by atoms with Crippen LogP contribution in [-0.4, -0.2) is 18.9 Å². The van der Waals surface area contributed by atoms with E-state index in [1.807, 2.05) is 0 Å². The fourth-order valence-electron chi connectivity index (χ4n) is 1.92. The molecule has 0 aromatic heterocycles. The molecule has 0 unspecified atom stereocenters. The van der Waals surface area contributed by atoms with E-state index in [9.17, 15) is 9.59 Å². The lowest BCUT2D eigenvalue weighted by Gasteiger charge is -2.12. The summed E-state index contributed by atoms with van der Waals surface area (Å²) in [5.74, 6) is -0.657. The number of benzene rings is 2. The third-order valence-electron chi connectivity index (χ3n) is 2.97. The number of hydrogen-bond donors (Lipinski definition) is 3. The van der Waals surface area contributed by atoms with E-state index in [4.69, 9.17) is 16.2 Å². The Morgan fingerprint density at radius 1 is 1.05 bits per heavy atom. The van der Waals surface area contributed by atoms with Crippen LogP contribution < -0.4 is 21.5 Å². The van der Waals surface area contributed by atoms with Crippen molar-refractivity contribution in [2.75, 3.05) is 18.2 Å². The van der Waals surface area contributed by atoms with Crippen LogP contribution >= 0.6 is 0 Å². The van der Waals surface area contributed by atoms with E-state index >= 15 is 0 Å². The Labute approximate surface area is 121 Å². The van der Waals surface area contributed by atoms with Gasteiger partial charge < -0.3 is 21.5 Å². The Bertz CT molecular complexity index is 698. The normalized spacial score (nSPS) is 9.95. The molecule has 0 heterocycles. The summed E-state index contributed by atoms with van der Waals surface area (Å²) < 4.78 is 5.07. The lowest BCUT2D eigenvalue weighted by molar-refractivity contribution is 0.100. The summed E-state index contributed by atoms with van der Waals surface area (Å²) >= 11 is 0. The number of ether oxygens (including phenoxy) is 1. The zero-order valence-electron chi connectivity index (χ0n) is 11.4. The summed E-state index contributed by atoms with van der Waals surface area (Å²) in [7, 11) is 1.47. The van der Waals surface area contributed by atoms with Crippen molar-refractivity contribution >= 4 is 23.2 Å². The number of hydrogen-bond acceptors (Lipinski definition) is 4. The van der Waals surface area contributed by atoms with Crippen LogP contribution in [0.3, 0.4) is 0 Å². The number of carbonyl (C=O) groups excluding carboxylic acids is 2. The lowest BCUT2D eigenvalue weighted by atomic mass is 10.1. The van der Waals surface area contributed by atoms with Crippen molar-refractivity contribution in [3.05, 3.63) is 53.6 Å². The predicted octanol–water partition coefficient (Wildman–Crippen LogP) is 1.63. The number of anilines is 2. The van der Waals surface area contributed by atoms with E-state index in [-0.39, 0.29) is 16.8 Å². The molecule has 108 valence electrons. The van der Waals surface area contributed by atoms with Crippen LogP contribution in [0.2, 0.25) is 0 Å². The molecule has 0 aliphatic rings. The van der Waals surface area contributed by atoms with Gasteiger partial charge in [-0.2, -0.15) is 0 Å². The quantitative estimate of drug-likeness (QED) is 0.742. The van der Waals surface area contributed by atoms with Gasteiger partial charge in [0, 0.05) is 0 Å². The summed E-state index contributed by atoms with van der Waals surface area (Å²) in [5.41, 5.74) is 12.2. The average molecular weight is 285 g/mol. The summed E-state index contributed by atoms with van der Waals surface area (Å²) in [4.78, 5) is 23.6. The highest BCUT2D eigenvalue weighted by molar-refractivity contribution is 6.11. The second-order valence-electron chi connectivity index (χ2n) is 4.29. The van der Waals surface area contributed by atoms with Crippen LogP contribution in [0, 0.1) is 0 Å². The Kier molecular flexibility index (Phi) is 4.08. The van der Waals surface area contributed by atoms with Gasteiger partial charge in [0.25, 0.3) is 11.8 Å². The summed E-state index contributed by atoms with van der Waals surface area (Å²) in [6.07, 6.45) is 0. The maximum absolute atomic E-state index is 12.3. The van der Waals surface area contributed by atoms with E-state index in [0.717, 1.165) is 0 Å². The van der Waals surface area contributed by atoms with Gasteiger partial charge in [-0.25, -0.2) is 0 Å². The maximum atomic E-state index is 12.3. The predicted molar refractivity (Wildman–Crippen MR) is 80.3 cm³/mol. The van der Waals surface area contributed by atoms with Crippen molar-refractivity contribution in [3.63, 3.8) is 0 Å². The smallest absolute Gasteiger partial charge is 0.257 e. The van der Waals surface area contributed by atoms with E-state index in [2.05, 4.69) is 5.32 Å². The second-order valence-corrected chi connectivity index (χ2v) is 4.29. The fourth-order valence-corrected chi connectivity index (χ4v) is 1.92. The highest BCUT2D eigenvalue weighted by atomic mass is 16.5. The minimum absolute atomic E-state index is 0.229. The summed E-state index contributed by atoms with van der Waals surface area (Å²) in [6.45, 7) is 0. The van der Waals surface area contributed by atoms with Crippen LogP contribution in [-0.2, 0) is 0 Å². The van der Waals surface area contributed by atoms with Crippen molar-refractivity contribution in [1.82, 2.24) is 0 Å². The summed E-state index contributed by atoms with van der Waals surface area (Å²) in [5, 5.41) is 2.62. The highest BCUT2D eigenvalue weighted by Gasteiger charge is 2.15. The van der Waals surface area contributed by atoms with E-state index < -0.39 is 11.8 Å². The Morgan fingerprint density at radius 3 is 2.38 bits per heavy atom. The number of methoxy groups -OCH3 is 1. The number of nitrogens with two attached hydrogens (primary N) is 2. The Morgan fingerprint density at radius 2 is 1.71 bits per heavy atom. The van der Waals surface area contributed by atoms with Crippen LogP contribution in [0.1, 0.15) is 20.7 Å². The molecular weight excluding hydrogens is 270 g/mol. The molecule has 0 spiro atoms. The van der Waals surface area contributed by atoms with Crippen molar-refractivity contribution < 1.29 is 14.3 Å². The highest BCUT2D eigenvalue weighted by Crippen LogP contribution is 2.26. The molecule has 6 nitrogen and oxygen atoms in total. The fraction of sp³-hybridized carbons (Fsp3) is 0.0667. The van der Waals surface area contributed by atoms with Gasteiger partial charge in [-0.05, 0) is 24.3 Å². The molecule has 2 rings (SSSR count). The molecule has 2 aromatic carbocycles. The maximum Gasteiger partial charge on any atom is 0.257 e. The molecule has 0 aliphatic carbocycles. The first-order valence-electron chi connectivity index (χ1n) is 6.17. The molecule has 0 fully saturated rings. The van der Waals surface area contributed by atoms with Crippen molar-refractivity contribution in [2.45, 2.75) is 0 Å². The molecule has 0 aliphatic heterocycles. The number of nitrogen functional groups attached to an aromatic ring is 1. The first-order valence-corrected chi connectivity index (χ1v) is 6.17. The van der Waals surface area contributed by atoms with Gasteiger partial charge in [0.1, 0.15) is 5.75 Å². The van der Waals surface area contributed by atoms with Gasteiger partial charge in [-0.15, -0.1) is 0 Å². The largest absolute Gasteiger partial charge is 0.495 e. The molecule has 0 bridgehead atoms. The van der Waals surface area contributed by atoms with Gasteiger partial charge in [-0.3, -0.25) is 9.59 Å². The van der Waals surface area contributed by atoms with Gasteiger partial charge in [0.15, 0.2) is 0 Å². The van der Waals surface area contributed by atoms with E-state index in [0.29, 0.717) is 11.4 Å². The van der Waals surface area contributed by atoms with Crippen molar-refractivity contribution in [1.29, 1.82) is 0 Å². The molecule has 2 aromatic rings. The topological polar surface area (TPSA) is 107 Å². The molecular formula is C15H15N3O3. The average Bonchev–Trinajstić information content (AvgIpc) is 2.47. The SMILES string of the molecule is COc1cccc(C(=O)Nc2ccccc2C(N)=O)c1N. The van der Waals surface area contributed by atoms with Gasteiger partial charge in [0.2, 0.25) is 0 Å². The number of primary amides is 1. The number of nitrogens with one attached hydrogen (secondary N) is 1. The first-order chi connectivity index (χ1) is 10.0. The Hall–Kier alpha value is -3.02. The van der Waals surface area contributed by atoms with Crippen LogP contribution in [0.4, 0.5) is 11.4 Å². The van der Waals surface area contributed by atoms with Gasteiger partial charge in [0.05, 0.1) is 29.6 Å². The van der Waals surface area contributed by atoms with Crippen molar-refractivity contribution in [3.8, 4) is 5.75 Å². The molecule has 21 heavy (non-hydrogen) atoms. The van der Waals surface area contributed by atoms with E-state index in [1.165, 1.54) is 13.2 Å². The van der Waals surface area contributed by atoms with Crippen molar-refractivity contribution in [2.24, 2.45) is 5.73 Å². The minimum atomic E-state index is -0.621. The monoisotopic (exact) mass is 285 g/mol. The minimum Gasteiger partial charge on any atom is -0.495 e. The molecule has 6 heteroatoms. The number of rotatable bonds is 4. The lowest BCUT2D eigenvalue weighted by Crippen LogP contribution is -2.19. The molecule has 5 N–H and O–H groups in total. The second kappa shape index (κ2) is 5.96. The van der Waals surface area contributed by atoms with Gasteiger partial charge in [-0.1, -0.05) is 18.2 Å². The Balaban J connectivity index is 2.33. The number of para-hydroxylation sites is 2. The van der Waals surface area contributed by atoms with E-state index in [1.54, 1.807) is 36.4 Å². The zero-order chi connectivity index (χ0) is 15.4. The zero-order valence-corrected chi connectivity index (χ0v) is 11.4. The number of carbonyl (C=O) groups is 2. The molecule has 0 radical (unpaired) electrons. The third kappa shape index (κ3) is 2.94. The van der Waals surface area contributed by atoms with Crippen LogP contribution in [0.15, 0.2) is 42.5 Å². The molecule has 0 saturated heterocycles. The standard InChI is InChI=1S/C15H15N3O3/c1-21-12-8-4-6-10(13(12)16)15(20)18-11-7-3-2-5-9(11)14(17)19/h2-8H,16H2,1H3,(H2,17,19)(H,18,20). The summed E-state index contributed by atoms with van der Waals surface area (Å²) in [6, 6.07) is 11.4. The van der Waals surface area contributed by atoms with Gasteiger partial charge >= 0.3 is 0 Å². The third-order valence-corrected chi connectivity index (χ3v) is 2.97. The number of amides is 2.